The number of methoxy groups -OCH3 is 1. The van der Waals surface area contributed by atoms with Gasteiger partial charge in [0.15, 0.2) is 0 Å². The van der Waals surface area contributed by atoms with Crippen LogP contribution < -0.4 is 0 Å². The first-order valence-electron chi connectivity index (χ1n) is 5.59. The fourth-order valence-electron chi connectivity index (χ4n) is 1.48. The van der Waals surface area contributed by atoms with Gasteiger partial charge in [-0.1, -0.05) is 6.07 Å². The quantitative estimate of drug-likeness (QED) is 0.769. The third-order valence-corrected chi connectivity index (χ3v) is 2.48. The van der Waals surface area contributed by atoms with E-state index in [2.05, 4.69) is 4.74 Å². The molecule has 0 heterocycles. The van der Waals surface area contributed by atoms with E-state index in [-0.39, 0.29) is 18.2 Å². The fourth-order valence-corrected chi connectivity index (χ4v) is 1.48. The van der Waals surface area contributed by atoms with Gasteiger partial charge in [-0.25, -0.2) is 4.39 Å². The van der Waals surface area contributed by atoms with Crippen LogP contribution in [0.5, 0.6) is 0 Å². The molecular formula is C13H16FNO3. The lowest BCUT2D eigenvalue weighted by Crippen LogP contribution is -2.41. The van der Waals surface area contributed by atoms with Crippen molar-refractivity contribution in [1.82, 2.24) is 4.90 Å². The van der Waals surface area contributed by atoms with Crippen molar-refractivity contribution in [2.75, 3.05) is 13.7 Å². The van der Waals surface area contributed by atoms with Crippen molar-refractivity contribution >= 4 is 11.9 Å². The first-order valence-corrected chi connectivity index (χ1v) is 5.59. The summed E-state index contributed by atoms with van der Waals surface area (Å²) in [4.78, 5) is 24.7. The number of rotatable bonds is 4. The monoisotopic (exact) mass is 253 g/mol. The summed E-state index contributed by atoms with van der Waals surface area (Å²) in [6.45, 7) is 3.41. The highest BCUT2D eigenvalue weighted by Gasteiger charge is 2.22. The zero-order valence-corrected chi connectivity index (χ0v) is 10.6. The third-order valence-electron chi connectivity index (χ3n) is 2.48. The number of benzene rings is 1. The lowest BCUT2D eigenvalue weighted by Gasteiger charge is -2.25. The molecule has 1 aromatic rings. The number of amides is 1. The molecule has 1 aromatic carbocycles. The lowest BCUT2D eigenvalue weighted by molar-refractivity contribution is -0.141. The van der Waals surface area contributed by atoms with Crippen molar-refractivity contribution in [2.45, 2.75) is 19.9 Å². The average Bonchev–Trinajstić information content (AvgIpc) is 2.34. The molecule has 1 rings (SSSR count). The van der Waals surface area contributed by atoms with E-state index >= 15 is 0 Å². The molecule has 0 saturated heterocycles. The van der Waals surface area contributed by atoms with Crippen LogP contribution >= 0.6 is 0 Å². The Morgan fingerprint density at radius 2 is 2.06 bits per heavy atom. The highest BCUT2D eigenvalue weighted by atomic mass is 19.1. The van der Waals surface area contributed by atoms with E-state index in [1.54, 1.807) is 13.8 Å². The molecule has 0 aliphatic carbocycles. The molecule has 0 unspecified atom stereocenters. The molecule has 98 valence electrons. The maximum Gasteiger partial charge on any atom is 0.325 e. The number of carbonyl (C=O) groups excluding carboxylic acids is 2. The summed E-state index contributed by atoms with van der Waals surface area (Å²) in [5.41, 5.74) is 0.215. The Labute approximate surface area is 105 Å². The van der Waals surface area contributed by atoms with Gasteiger partial charge in [-0.05, 0) is 32.0 Å². The Morgan fingerprint density at radius 1 is 1.39 bits per heavy atom. The van der Waals surface area contributed by atoms with Gasteiger partial charge in [-0.2, -0.15) is 0 Å². The Morgan fingerprint density at radius 3 is 2.56 bits per heavy atom. The largest absolute Gasteiger partial charge is 0.468 e. The zero-order chi connectivity index (χ0) is 13.7. The van der Waals surface area contributed by atoms with E-state index < -0.39 is 17.7 Å². The van der Waals surface area contributed by atoms with Crippen LogP contribution in [0.1, 0.15) is 24.2 Å². The highest BCUT2D eigenvalue weighted by Crippen LogP contribution is 2.10. The number of nitrogens with zero attached hydrogens (tertiary/aromatic N) is 1. The summed E-state index contributed by atoms with van der Waals surface area (Å²) in [7, 11) is 1.26. The fraction of sp³-hybridized carbons (Fsp3) is 0.385. The van der Waals surface area contributed by atoms with Crippen molar-refractivity contribution in [3.05, 3.63) is 35.6 Å². The second kappa shape index (κ2) is 6.14. The van der Waals surface area contributed by atoms with Crippen LogP contribution in [0.3, 0.4) is 0 Å². The van der Waals surface area contributed by atoms with E-state index in [4.69, 9.17) is 0 Å². The van der Waals surface area contributed by atoms with Gasteiger partial charge in [0, 0.05) is 11.6 Å². The van der Waals surface area contributed by atoms with E-state index in [1.165, 1.54) is 30.2 Å². The van der Waals surface area contributed by atoms with Crippen LogP contribution in [-0.4, -0.2) is 36.5 Å². The first kappa shape index (κ1) is 14.2. The second-order valence-electron chi connectivity index (χ2n) is 4.11. The second-order valence-corrected chi connectivity index (χ2v) is 4.11. The standard InChI is InChI=1S/C13H16FNO3/c1-9(2)15(8-12(16)18-3)13(17)10-5-4-6-11(14)7-10/h4-7,9H,8H2,1-3H3. The molecule has 0 aliphatic rings. The highest BCUT2D eigenvalue weighted by molar-refractivity contribution is 5.96. The van der Waals surface area contributed by atoms with Gasteiger partial charge in [0.2, 0.25) is 0 Å². The van der Waals surface area contributed by atoms with Crippen LogP contribution in [0.15, 0.2) is 24.3 Å². The van der Waals surface area contributed by atoms with E-state index in [0.29, 0.717) is 0 Å². The first-order chi connectivity index (χ1) is 8.45. The Bertz CT molecular complexity index is 446. The van der Waals surface area contributed by atoms with Crippen molar-refractivity contribution in [1.29, 1.82) is 0 Å². The topological polar surface area (TPSA) is 46.6 Å². The predicted octanol–water partition coefficient (Wildman–Crippen LogP) is 1.85. The SMILES string of the molecule is COC(=O)CN(C(=O)c1cccc(F)c1)C(C)C. The molecule has 0 atom stereocenters. The van der Waals surface area contributed by atoms with Gasteiger partial charge in [-0.15, -0.1) is 0 Å². The number of hydrogen-bond acceptors (Lipinski definition) is 3. The van der Waals surface area contributed by atoms with Crippen LogP contribution in [0.25, 0.3) is 0 Å². The maximum absolute atomic E-state index is 13.1. The number of halogens is 1. The third kappa shape index (κ3) is 3.55. The van der Waals surface area contributed by atoms with Gasteiger partial charge in [0.25, 0.3) is 5.91 Å². The van der Waals surface area contributed by atoms with E-state index in [9.17, 15) is 14.0 Å². The average molecular weight is 253 g/mol. The minimum atomic E-state index is -0.506. The predicted molar refractivity (Wildman–Crippen MR) is 64.6 cm³/mol. The summed E-state index contributed by atoms with van der Waals surface area (Å²) in [5, 5.41) is 0. The molecular weight excluding hydrogens is 237 g/mol. The van der Waals surface area contributed by atoms with Crippen molar-refractivity contribution in [3.63, 3.8) is 0 Å². The normalized spacial score (nSPS) is 10.3. The van der Waals surface area contributed by atoms with Gasteiger partial charge in [0.1, 0.15) is 12.4 Å². The summed E-state index contributed by atoms with van der Waals surface area (Å²) >= 11 is 0. The Kier molecular flexibility index (Phi) is 4.83. The van der Waals surface area contributed by atoms with Crippen molar-refractivity contribution < 1.29 is 18.7 Å². The van der Waals surface area contributed by atoms with Gasteiger partial charge in [0.05, 0.1) is 7.11 Å². The number of esters is 1. The molecule has 0 aromatic heterocycles. The Hall–Kier alpha value is -1.91. The maximum atomic E-state index is 13.1. The molecule has 0 saturated carbocycles. The summed E-state index contributed by atoms with van der Waals surface area (Å²) in [5.74, 6) is -1.38. The van der Waals surface area contributed by atoms with Crippen molar-refractivity contribution in [3.8, 4) is 0 Å². The minimum Gasteiger partial charge on any atom is -0.468 e. The van der Waals surface area contributed by atoms with Gasteiger partial charge < -0.3 is 9.64 Å². The molecule has 0 bridgehead atoms. The number of hydrogen-bond donors (Lipinski definition) is 0. The molecule has 4 nitrogen and oxygen atoms in total. The summed E-state index contributed by atoms with van der Waals surface area (Å²) in [6.07, 6.45) is 0. The molecule has 0 fully saturated rings. The van der Waals surface area contributed by atoms with Gasteiger partial charge >= 0.3 is 5.97 Å². The molecule has 1 amide bonds. The molecule has 18 heavy (non-hydrogen) atoms. The van der Waals surface area contributed by atoms with Crippen LogP contribution in [0.2, 0.25) is 0 Å². The van der Waals surface area contributed by atoms with Crippen LogP contribution in [0, 0.1) is 5.82 Å². The Balaban J connectivity index is 2.93. The molecule has 0 N–H and O–H groups in total. The molecule has 0 radical (unpaired) electrons. The number of carbonyl (C=O) groups is 2. The molecule has 5 heteroatoms. The molecule has 0 spiro atoms. The van der Waals surface area contributed by atoms with Crippen LogP contribution in [0.4, 0.5) is 4.39 Å². The number of ether oxygens (including phenoxy) is 1. The van der Waals surface area contributed by atoms with Crippen LogP contribution in [-0.2, 0) is 9.53 Å². The minimum absolute atomic E-state index is 0.149. The summed E-state index contributed by atoms with van der Waals surface area (Å²) in [6, 6.07) is 5.20. The van der Waals surface area contributed by atoms with Gasteiger partial charge in [-0.3, -0.25) is 9.59 Å². The smallest absolute Gasteiger partial charge is 0.325 e. The van der Waals surface area contributed by atoms with E-state index in [1.807, 2.05) is 0 Å². The van der Waals surface area contributed by atoms with Crippen molar-refractivity contribution in [2.24, 2.45) is 0 Å². The van der Waals surface area contributed by atoms with E-state index in [0.717, 1.165) is 6.07 Å². The summed E-state index contributed by atoms with van der Waals surface area (Å²) < 4.78 is 17.6. The zero-order valence-electron chi connectivity index (χ0n) is 10.6. The molecule has 0 aliphatic heterocycles. The lowest BCUT2D eigenvalue weighted by atomic mass is 10.1.